The van der Waals surface area contributed by atoms with Crippen LogP contribution in [-0.4, -0.2) is 193 Å². The van der Waals surface area contributed by atoms with Crippen molar-refractivity contribution in [1.82, 2.24) is 5.32 Å². The summed E-state index contributed by atoms with van der Waals surface area (Å²) in [6.07, 6.45) is 23.8. The molecule has 3 heterocycles. The van der Waals surface area contributed by atoms with Crippen molar-refractivity contribution in [2.24, 2.45) is 0 Å². The third-order valence-electron chi connectivity index (χ3n) is 13.0. The molecule has 438 valence electrons. The van der Waals surface area contributed by atoms with Crippen molar-refractivity contribution in [1.29, 1.82) is 0 Å². The maximum atomic E-state index is 13.2. The number of nitrogens with one attached hydrogen (secondary N) is 1. The van der Waals surface area contributed by atoms with Gasteiger partial charge in [0, 0.05) is 6.42 Å². The Balaban J connectivity index is 1.57. The zero-order valence-corrected chi connectivity index (χ0v) is 45.1. The zero-order valence-electron chi connectivity index (χ0n) is 45.1. The SMILES string of the molecule is CC/C=C\C/C=C\C/C=C\C/C=C\C/C=C\C/C=C\CCC(=O)NC(COC1OC(CO)C(OC2OC(CO)C(OC3OC(CO)C(O)C(O)C3O)C(O)C2O)C(O)C1O)C(O)/C=C/CC/C=C/CC/C=C/CCCCC. The average molecular weight is 1090 g/mol. The smallest absolute Gasteiger partial charge is 0.220 e. The van der Waals surface area contributed by atoms with Gasteiger partial charge in [0.1, 0.15) is 73.2 Å². The Kier molecular flexibility index (Phi) is 35.7. The van der Waals surface area contributed by atoms with Gasteiger partial charge in [0.15, 0.2) is 18.9 Å². The molecule has 3 aliphatic heterocycles. The van der Waals surface area contributed by atoms with Crippen LogP contribution < -0.4 is 5.32 Å². The first kappa shape index (κ1) is 67.7. The Morgan fingerprint density at radius 2 is 0.896 bits per heavy atom. The Bertz CT molecular complexity index is 1830. The highest BCUT2D eigenvalue weighted by Crippen LogP contribution is 2.33. The molecule has 0 aromatic carbocycles. The van der Waals surface area contributed by atoms with Crippen LogP contribution in [-0.2, 0) is 33.2 Å². The van der Waals surface area contributed by atoms with Crippen LogP contribution in [0.4, 0.5) is 0 Å². The van der Waals surface area contributed by atoms with Crippen LogP contribution in [0.5, 0.6) is 0 Å². The van der Waals surface area contributed by atoms with Crippen LogP contribution in [0.1, 0.15) is 117 Å². The van der Waals surface area contributed by atoms with Crippen molar-refractivity contribution in [3.63, 3.8) is 0 Å². The quantitative estimate of drug-likeness (QED) is 0.0313. The molecular formula is C58H93NO18. The van der Waals surface area contributed by atoms with Gasteiger partial charge in [-0.3, -0.25) is 4.79 Å². The highest BCUT2D eigenvalue weighted by Gasteiger charge is 2.53. The van der Waals surface area contributed by atoms with E-state index in [1.54, 1.807) is 12.2 Å². The van der Waals surface area contributed by atoms with Crippen molar-refractivity contribution in [2.75, 3.05) is 26.4 Å². The van der Waals surface area contributed by atoms with Gasteiger partial charge in [0.2, 0.25) is 5.91 Å². The monoisotopic (exact) mass is 1090 g/mol. The van der Waals surface area contributed by atoms with Crippen molar-refractivity contribution in [2.45, 2.75) is 221 Å². The number of allylic oxidation sites excluding steroid dienone is 17. The first-order valence-electron chi connectivity index (χ1n) is 27.6. The summed E-state index contributed by atoms with van der Waals surface area (Å²) < 4.78 is 34.1. The van der Waals surface area contributed by atoms with Gasteiger partial charge in [-0.05, 0) is 83.5 Å². The number of unbranched alkanes of at least 4 members (excludes halogenated alkanes) is 5. The molecule has 0 saturated carbocycles. The fourth-order valence-electron chi connectivity index (χ4n) is 8.48. The standard InChI is InChI=1S/C58H93NO18/c1-3-5-7-9-11-13-15-17-18-19-20-21-22-24-26-28-30-32-34-36-46(64)59-41(42(63)35-33-31-29-27-25-23-16-14-12-10-8-6-4-2)40-72-56-52(70)49(67)54(44(38-61)74-56)77-58-53(71)50(68)55(45(39-62)75-58)76-57-51(69)48(66)47(65)43(37-60)73-57/h5,7,11-14,17-18,20-21,24-27,30,32-33,35,41-45,47-58,60-63,65-71H,3-4,6,8-10,15-16,19,22-23,28-29,31,34,36-40H2,1-2H3,(H,59,64)/b7-5-,13-11-,14-12+,18-17-,21-20-,26-24-,27-25+,32-30-,35-33+. The molecule has 19 nitrogen and oxygen atoms in total. The van der Waals surface area contributed by atoms with Crippen LogP contribution in [0.2, 0.25) is 0 Å². The van der Waals surface area contributed by atoms with Gasteiger partial charge in [0.05, 0.1) is 38.6 Å². The molecule has 12 N–H and O–H groups in total. The Hall–Kier alpha value is -3.55. The predicted octanol–water partition coefficient (Wildman–Crippen LogP) is 3.58. The predicted molar refractivity (Wildman–Crippen MR) is 290 cm³/mol. The van der Waals surface area contributed by atoms with E-state index in [4.69, 9.17) is 28.4 Å². The molecule has 3 fully saturated rings. The summed E-state index contributed by atoms with van der Waals surface area (Å²) in [7, 11) is 0. The van der Waals surface area contributed by atoms with Crippen molar-refractivity contribution in [3.8, 4) is 0 Å². The number of carbonyl (C=O) groups is 1. The summed E-state index contributed by atoms with van der Waals surface area (Å²) in [4.78, 5) is 13.2. The van der Waals surface area contributed by atoms with E-state index in [2.05, 4.69) is 104 Å². The minimum Gasteiger partial charge on any atom is -0.394 e. The Labute approximate surface area is 455 Å². The largest absolute Gasteiger partial charge is 0.394 e. The van der Waals surface area contributed by atoms with E-state index >= 15 is 0 Å². The van der Waals surface area contributed by atoms with Crippen molar-refractivity contribution < 1.29 is 89.4 Å². The third-order valence-corrected chi connectivity index (χ3v) is 13.0. The molecule has 3 saturated heterocycles. The molecule has 0 radical (unpaired) electrons. The molecular weight excluding hydrogens is 999 g/mol. The van der Waals surface area contributed by atoms with Gasteiger partial charge in [-0.25, -0.2) is 0 Å². The summed E-state index contributed by atoms with van der Waals surface area (Å²) >= 11 is 0. The van der Waals surface area contributed by atoms with E-state index in [9.17, 15) is 61.0 Å². The summed E-state index contributed by atoms with van der Waals surface area (Å²) in [5, 5.41) is 120. The second kappa shape index (κ2) is 40.6. The molecule has 1 amide bonds. The second-order valence-electron chi connectivity index (χ2n) is 19.3. The summed E-state index contributed by atoms with van der Waals surface area (Å²) in [6.45, 7) is 1.43. The maximum absolute atomic E-state index is 13.2. The summed E-state index contributed by atoms with van der Waals surface area (Å²) in [5.74, 6) is -0.380. The number of ether oxygens (including phenoxy) is 6. The van der Waals surface area contributed by atoms with Crippen LogP contribution in [0.15, 0.2) is 109 Å². The number of rotatable bonds is 37. The molecule has 0 aliphatic carbocycles. The van der Waals surface area contributed by atoms with Gasteiger partial charge in [0.25, 0.3) is 0 Å². The van der Waals surface area contributed by atoms with E-state index in [0.717, 1.165) is 57.8 Å². The molecule has 17 unspecified atom stereocenters. The maximum Gasteiger partial charge on any atom is 0.220 e. The van der Waals surface area contributed by atoms with E-state index < -0.39 is 131 Å². The molecule has 3 aliphatic rings. The van der Waals surface area contributed by atoms with Gasteiger partial charge >= 0.3 is 0 Å². The Morgan fingerprint density at radius 1 is 0.481 bits per heavy atom. The summed E-state index contributed by atoms with van der Waals surface area (Å²) in [5.41, 5.74) is 0. The molecule has 17 atom stereocenters. The van der Waals surface area contributed by atoms with E-state index in [1.165, 1.54) is 19.3 Å². The summed E-state index contributed by atoms with van der Waals surface area (Å²) in [6, 6.07) is -1.04. The van der Waals surface area contributed by atoms with Gasteiger partial charge in [-0.15, -0.1) is 0 Å². The molecule has 0 spiro atoms. The average Bonchev–Trinajstić information content (AvgIpc) is 3.42. The first-order valence-corrected chi connectivity index (χ1v) is 27.6. The third kappa shape index (κ3) is 25.2. The zero-order chi connectivity index (χ0) is 56.2. The van der Waals surface area contributed by atoms with Gasteiger partial charge < -0.3 is 89.9 Å². The second-order valence-corrected chi connectivity index (χ2v) is 19.3. The molecule has 0 bridgehead atoms. The number of hydrogen-bond donors (Lipinski definition) is 12. The first-order chi connectivity index (χ1) is 37.3. The van der Waals surface area contributed by atoms with Crippen LogP contribution in [0.3, 0.4) is 0 Å². The number of aliphatic hydroxyl groups is 11. The number of aliphatic hydroxyl groups excluding tert-OH is 11. The lowest BCUT2D eigenvalue weighted by molar-refractivity contribution is -0.379. The number of amides is 1. The van der Waals surface area contributed by atoms with Crippen molar-refractivity contribution in [3.05, 3.63) is 109 Å². The normalized spacial score (nSPS) is 31.6. The Morgan fingerprint density at radius 3 is 1.39 bits per heavy atom. The lowest BCUT2D eigenvalue weighted by atomic mass is 9.96. The van der Waals surface area contributed by atoms with Gasteiger partial charge in [-0.1, -0.05) is 136 Å². The highest BCUT2D eigenvalue weighted by molar-refractivity contribution is 5.76. The number of carbonyl (C=O) groups excluding carboxylic acids is 1. The van der Waals surface area contributed by atoms with E-state index in [1.807, 2.05) is 12.2 Å². The van der Waals surface area contributed by atoms with Crippen LogP contribution in [0, 0.1) is 0 Å². The lowest BCUT2D eigenvalue weighted by Gasteiger charge is -2.48. The number of hydrogen-bond acceptors (Lipinski definition) is 18. The van der Waals surface area contributed by atoms with Crippen molar-refractivity contribution >= 4 is 5.91 Å². The van der Waals surface area contributed by atoms with Crippen LogP contribution in [0.25, 0.3) is 0 Å². The topological polar surface area (TPSA) is 307 Å². The molecule has 3 rings (SSSR count). The molecule has 0 aromatic rings. The fourth-order valence-corrected chi connectivity index (χ4v) is 8.48. The minimum absolute atomic E-state index is 0.0994. The molecule has 19 heteroatoms. The minimum atomic E-state index is -1.99. The molecule has 0 aromatic heterocycles. The van der Waals surface area contributed by atoms with E-state index in [0.29, 0.717) is 19.3 Å². The highest BCUT2D eigenvalue weighted by atomic mass is 16.8. The van der Waals surface area contributed by atoms with E-state index in [-0.39, 0.29) is 12.3 Å². The molecule has 77 heavy (non-hydrogen) atoms. The fraction of sp³-hybridized carbons (Fsp3) is 0.672. The van der Waals surface area contributed by atoms with Crippen LogP contribution >= 0.6 is 0 Å². The lowest BCUT2D eigenvalue weighted by Crippen LogP contribution is -2.66. The van der Waals surface area contributed by atoms with Gasteiger partial charge in [-0.2, -0.15) is 0 Å².